The number of halogens is 2. The fraction of sp³-hybridized carbons (Fsp3) is 0.235. The first-order valence-electron chi connectivity index (χ1n) is 7.28. The topological polar surface area (TPSA) is 16.1 Å². The molecule has 6 heteroatoms. The van der Waals surface area contributed by atoms with Gasteiger partial charge in [-0.15, -0.1) is 22.7 Å². The fourth-order valence-electron chi connectivity index (χ4n) is 3.18. The van der Waals surface area contributed by atoms with Crippen molar-refractivity contribution in [2.45, 2.75) is 12.5 Å². The average molecular weight is 381 g/mol. The summed E-state index contributed by atoms with van der Waals surface area (Å²) in [6.45, 7) is 1.96. The number of likely N-dealkylation sites (N-methyl/N-ethyl adjacent to an activating group) is 1. The van der Waals surface area contributed by atoms with E-state index < -0.39 is 0 Å². The summed E-state index contributed by atoms with van der Waals surface area (Å²) in [5.41, 5.74) is 3.68. The molecule has 0 saturated carbocycles. The van der Waals surface area contributed by atoms with Crippen LogP contribution in [0.4, 0.5) is 0 Å². The summed E-state index contributed by atoms with van der Waals surface area (Å²) >= 11 is 16.0. The summed E-state index contributed by atoms with van der Waals surface area (Å²) in [6.07, 6.45) is 1.73. The third-order valence-electron chi connectivity index (χ3n) is 4.17. The molecule has 0 N–H and O–H groups in total. The Morgan fingerprint density at radius 1 is 1.26 bits per heavy atom. The molecule has 23 heavy (non-hydrogen) atoms. The van der Waals surface area contributed by atoms with Gasteiger partial charge in [0.1, 0.15) is 5.15 Å². The molecule has 1 unspecified atom stereocenters. The molecule has 1 atom stereocenters. The molecule has 4 rings (SSSR count). The van der Waals surface area contributed by atoms with Crippen molar-refractivity contribution >= 4 is 45.9 Å². The van der Waals surface area contributed by atoms with Crippen molar-refractivity contribution in [3.05, 3.63) is 61.3 Å². The van der Waals surface area contributed by atoms with Gasteiger partial charge in [0, 0.05) is 40.5 Å². The second-order valence-corrected chi connectivity index (χ2v) is 8.77. The van der Waals surface area contributed by atoms with Crippen LogP contribution < -0.4 is 0 Å². The van der Waals surface area contributed by atoms with E-state index in [0.717, 1.165) is 23.0 Å². The molecule has 0 radical (unpaired) electrons. The molecule has 2 nitrogen and oxygen atoms in total. The largest absolute Gasteiger partial charge is 0.300 e. The summed E-state index contributed by atoms with van der Waals surface area (Å²) in [5.74, 6) is 0.324. The molecule has 0 spiro atoms. The molecule has 3 aromatic rings. The highest BCUT2D eigenvalue weighted by molar-refractivity contribution is 7.16. The number of fused-ring (bicyclic) bond motifs is 1. The molecular weight excluding hydrogens is 367 g/mol. The Hall–Kier alpha value is -0.910. The van der Waals surface area contributed by atoms with Crippen molar-refractivity contribution in [2.24, 2.45) is 0 Å². The van der Waals surface area contributed by atoms with Gasteiger partial charge in [-0.1, -0.05) is 23.2 Å². The number of hydrogen-bond acceptors (Lipinski definition) is 4. The normalized spacial score (nSPS) is 18.1. The minimum Gasteiger partial charge on any atom is -0.300 e. The molecule has 0 fully saturated rings. The Kier molecular flexibility index (Phi) is 4.20. The molecule has 0 bridgehead atoms. The highest BCUT2D eigenvalue weighted by atomic mass is 35.5. The quantitative estimate of drug-likeness (QED) is 0.525. The Labute approximate surface area is 153 Å². The molecule has 3 aromatic heterocycles. The van der Waals surface area contributed by atoms with Gasteiger partial charge < -0.3 is 4.90 Å². The Morgan fingerprint density at radius 3 is 2.96 bits per heavy atom. The predicted octanol–water partition coefficient (Wildman–Crippen LogP) is 5.76. The van der Waals surface area contributed by atoms with Gasteiger partial charge in [0.2, 0.25) is 0 Å². The minimum absolute atomic E-state index is 0.324. The standard InChI is InChI=1S/C17H14Cl2N2S2/c1-21-8-13(12-7-15(18)23-14(12)9-21)10-4-6-22-16(10)11-3-2-5-20-17(11)19/h2-7,13H,8-9H2,1H3. The average Bonchev–Trinajstić information content (AvgIpc) is 3.12. The lowest BCUT2D eigenvalue weighted by Crippen LogP contribution is -2.29. The molecule has 0 saturated heterocycles. The molecule has 1 aliphatic heterocycles. The zero-order chi connectivity index (χ0) is 16.0. The number of aromatic nitrogens is 1. The van der Waals surface area contributed by atoms with Crippen LogP contribution in [0, 0.1) is 0 Å². The van der Waals surface area contributed by atoms with Gasteiger partial charge in [-0.25, -0.2) is 4.98 Å². The second kappa shape index (κ2) is 6.19. The van der Waals surface area contributed by atoms with E-state index in [-0.39, 0.29) is 0 Å². The second-order valence-electron chi connectivity index (χ2n) is 5.73. The number of pyridine rings is 1. The van der Waals surface area contributed by atoms with Crippen molar-refractivity contribution < 1.29 is 0 Å². The fourth-order valence-corrected chi connectivity index (χ4v) is 5.86. The van der Waals surface area contributed by atoms with Crippen LogP contribution in [0.1, 0.15) is 21.9 Å². The van der Waals surface area contributed by atoms with Gasteiger partial charge in [-0.05, 0) is 47.8 Å². The number of rotatable bonds is 2. The molecule has 118 valence electrons. The van der Waals surface area contributed by atoms with Crippen molar-refractivity contribution in [1.29, 1.82) is 0 Å². The summed E-state index contributed by atoms with van der Waals surface area (Å²) in [6, 6.07) is 8.32. The van der Waals surface area contributed by atoms with Crippen LogP contribution in [-0.4, -0.2) is 23.5 Å². The van der Waals surface area contributed by atoms with Crippen LogP contribution in [0.5, 0.6) is 0 Å². The van der Waals surface area contributed by atoms with Gasteiger partial charge in [0.05, 0.1) is 4.34 Å². The summed E-state index contributed by atoms with van der Waals surface area (Å²) < 4.78 is 0.867. The smallest absolute Gasteiger partial charge is 0.137 e. The molecule has 0 aliphatic carbocycles. The van der Waals surface area contributed by atoms with Crippen molar-refractivity contribution in [2.75, 3.05) is 13.6 Å². The van der Waals surface area contributed by atoms with Gasteiger partial charge in [-0.3, -0.25) is 0 Å². The van der Waals surface area contributed by atoms with E-state index in [1.165, 1.54) is 20.9 Å². The third-order valence-corrected chi connectivity index (χ3v) is 6.70. The Bertz CT molecular complexity index is 856. The van der Waals surface area contributed by atoms with E-state index in [2.05, 4.69) is 34.4 Å². The maximum Gasteiger partial charge on any atom is 0.137 e. The third kappa shape index (κ3) is 2.83. The van der Waals surface area contributed by atoms with Gasteiger partial charge in [0.25, 0.3) is 0 Å². The summed E-state index contributed by atoms with van der Waals surface area (Å²) in [4.78, 5) is 9.15. The lowest BCUT2D eigenvalue weighted by Gasteiger charge is -2.30. The van der Waals surface area contributed by atoms with Crippen LogP contribution in [0.2, 0.25) is 9.49 Å². The zero-order valence-electron chi connectivity index (χ0n) is 12.4. The van der Waals surface area contributed by atoms with Crippen molar-refractivity contribution in [1.82, 2.24) is 9.88 Å². The van der Waals surface area contributed by atoms with Gasteiger partial charge in [0.15, 0.2) is 0 Å². The monoisotopic (exact) mass is 380 g/mol. The highest BCUT2D eigenvalue weighted by Gasteiger charge is 2.29. The number of nitrogens with zero attached hydrogens (tertiary/aromatic N) is 2. The zero-order valence-corrected chi connectivity index (χ0v) is 15.6. The van der Waals surface area contributed by atoms with Crippen LogP contribution in [0.25, 0.3) is 10.4 Å². The maximum atomic E-state index is 6.33. The highest BCUT2D eigenvalue weighted by Crippen LogP contribution is 2.44. The molecule has 0 aromatic carbocycles. The van der Waals surface area contributed by atoms with Crippen LogP contribution in [0.15, 0.2) is 35.8 Å². The first kappa shape index (κ1) is 15.6. The van der Waals surface area contributed by atoms with Crippen LogP contribution >= 0.6 is 45.9 Å². The van der Waals surface area contributed by atoms with Crippen molar-refractivity contribution in [3.63, 3.8) is 0 Å². The lowest BCUT2D eigenvalue weighted by molar-refractivity contribution is 0.299. The summed E-state index contributed by atoms with van der Waals surface area (Å²) in [5, 5.41) is 2.69. The van der Waals surface area contributed by atoms with E-state index in [9.17, 15) is 0 Å². The van der Waals surface area contributed by atoms with Crippen molar-refractivity contribution in [3.8, 4) is 10.4 Å². The van der Waals surface area contributed by atoms with Gasteiger partial charge in [-0.2, -0.15) is 0 Å². The summed E-state index contributed by atoms with van der Waals surface area (Å²) in [7, 11) is 2.16. The van der Waals surface area contributed by atoms with E-state index in [1.807, 2.05) is 12.1 Å². The SMILES string of the molecule is CN1Cc2sc(Cl)cc2C(c2ccsc2-c2cccnc2Cl)C1. The van der Waals surface area contributed by atoms with E-state index in [4.69, 9.17) is 23.2 Å². The number of thiophene rings is 2. The molecule has 1 aliphatic rings. The first-order valence-corrected chi connectivity index (χ1v) is 9.73. The molecule has 0 amide bonds. The van der Waals surface area contributed by atoms with E-state index in [1.54, 1.807) is 28.9 Å². The lowest BCUT2D eigenvalue weighted by atomic mass is 9.88. The van der Waals surface area contributed by atoms with Crippen LogP contribution in [-0.2, 0) is 6.54 Å². The van der Waals surface area contributed by atoms with Gasteiger partial charge >= 0.3 is 0 Å². The predicted molar refractivity (Wildman–Crippen MR) is 100 cm³/mol. The Balaban J connectivity index is 1.84. The molecular formula is C17H14Cl2N2S2. The molecule has 4 heterocycles. The maximum absolute atomic E-state index is 6.33. The van der Waals surface area contributed by atoms with E-state index >= 15 is 0 Å². The van der Waals surface area contributed by atoms with E-state index in [0.29, 0.717) is 11.1 Å². The van der Waals surface area contributed by atoms with Crippen LogP contribution in [0.3, 0.4) is 0 Å². The minimum atomic E-state index is 0.324. The Morgan fingerprint density at radius 2 is 2.13 bits per heavy atom. The number of hydrogen-bond donors (Lipinski definition) is 0. The first-order chi connectivity index (χ1) is 11.1.